The quantitative estimate of drug-likeness (QED) is 0.895. The molecule has 4 nitrogen and oxygen atoms in total. The van der Waals surface area contributed by atoms with Gasteiger partial charge in [-0.2, -0.15) is 0 Å². The van der Waals surface area contributed by atoms with Crippen LogP contribution in [0.4, 0.5) is 0 Å². The lowest BCUT2D eigenvalue weighted by Crippen LogP contribution is -2.43. The molecule has 0 spiro atoms. The Morgan fingerprint density at radius 2 is 2.00 bits per heavy atom. The minimum Gasteiger partial charge on any atom is -0.349 e. The Morgan fingerprint density at radius 1 is 1.23 bits per heavy atom. The second-order valence-electron chi connectivity index (χ2n) is 6.44. The average Bonchev–Trinajstić information content (AvgIpc) is 2.51. The van der Waals surface area contributed by atoms with Crippen LogP contribution in [0.5, 0.6) is 0 Å². The smallest absolute Gasteiger partial charge is 0.252 e. The molecule has 0 radical (unpaired) electrons. The van der Waals surface area contributed by atoms with Gasteiger partial charge in [-0.3, -0.25) is 9.59 Å². The van der Waals surface area contributed by atoms with Gasteiger partial charge >= 0.3 is 0 Å². The predicted molar refractivity (Wildman–Crippen MR) is 88.0 cm³/mol. The second-order valence-corrected chi connectivity index (χ2v) is 6.44. The van der Waals surface area contributed by atoms with Crippen LogP contribution in [0.2, 0.25) is 0 Å². The van der Waals surface area contributed by atoms with E-state index in [9.17, 15) is 9.59 Å². The maximum absolute atomic E-state index is 12.7. The number of para-hydroxylation sites is 1. The van der Waals surface area contributed by atoms with Gasteiger partial charge in [0.25, 0.3) is 5.91 Å². The molecule has 0 bridgehead atoms. The Kier molecular flexibility index (Phi) is 4.01. The summed E-state index contributed by atoms with van der Waals surface area (Å²) in [5, 5.41) is 3.93. The van der Waals surface area contributed by atoms with Crippen molar-refractivity contribution in [3.05, 3.63) is 46.2 Å². The molecule has 1 amide bonds. The third-order valence-corrected chi connectivity index (χ3v) is 5.02. The van der Waals surface area contributed by atoms with Gasteiger partial charge < -0.3 is 10.3 Å². The highest BCUT2D eigenvalue weighted by Crippen LogP contribution is 2.29. The van der Waals surface area contributed by atoms with Crippen LogP contribution < -0.4 is 10.9 Å². The molecule has 0 unspecified atom stereocenters. The third kappa shape index (κ3) is 2.78. The first-order valence-corrected chi connectivity index (χ1v) is 7.99. The Hall–Kier alpha value is -2.10. The monoisotopic (exact) mass is 298 g/mol. The Bertz CT molecular complexity index is 750. The normalized spacial score (nSPS) is 25.1. The van der Waals surface area contributed by atoms with Crippen molar-refractivity contribution < 1.29 is 4.79 Å². The number of carbonyl (C=O) groups excluding carboxylic acids is 1. The number of hydrogen-bond donors (Lipinski definition) is 2. The van der Waals surface area contributed by atoms with E-state index in [4.69, 9.17) is 0 Å². The van der Waals surface area contributed by atoms with E-state index in [1.807, 2.05) is 24.3 Å². The zero-order valence-electron chi connectivity index (χ0n) is 13.1. The molecule has 1 saturated carbocycles. The molecule has 1 aliphatic rings. The highest BCUT2D eigenvalue weighted by Gasteiger charge is 2.28. The zero-order valence-corrected chi connectivity index (χ0v) is 13.1. The fraction of sp³-hybridized carbons (Fsp3) is 0.444. The molecule has 4 heteroatoms. The molecule has 22 heavy (non-hydrogen) atoms. The lowest BCUT2D eigenvalue weighted by Gasteiger charge is -2.34. The van der Waals surface area contributed by atoms with Gasteiger partial charge in [0.1, 0.15) is 0 Å². The number of amides is 1. The molecule has 0 aliphatic heterocycles. The first kappa shape index (κ1) is 14.8. The molecule has 116 valence electrons. The fourth-order valence-electron chi connectivity index (χ4n) is 3.42. The van der Waals surface area contributed by atoms with Crippen molar-refractivity contribution in [1.29, 1.82) is 0 Å². The van der Waals surface area contributed by atoms with Crippen molar-refractivity contribution in [2.45, 2.75) is 39.2 Å². The summed E-state index contributed by atoms with van der Waals surface area (Å²) in [5.41, 5.74) is 0.920. The number of hydrogen-bond acceptors (Lipinski definition) is 2. The van der Waals surface area contributed by atoms with Gasteiger partial charge in [0.15, 0.2) is 0 Å². The van der Waals surface area contributed by atoms with Crippen molar-refractivity contribution in [2.24, 2.45) is 11.8 Å². The summed E-state index contributed by atoms with van der Waals surface area (Å²) in [6, 6.07) is 9.00. The zero-order chi connectivity index (χ0) is 15.7. The molecular weight excluding hydrogens is 276 g/mol. The summed E-state index contributed by atoms with van der Waals surface area (Å²) >= 11 is 0. The standard InChI is InChI=1S/C18H22N2O2/c1-11-6-5-9-15(12(11)2)20-18(22)14-10-17(21)19-16-8-4-3-7-13(14)16/h3-4,7-8,10-12,15H,5-6,9H2,1-2H3,(H,19,21)(H,20,22)/t11-,12+,15+/m1/s1. The van der Waals surface area contributed by atoms with E-state index in [1.54, 1.807) is 0 Å². The minimum absolute atomic E-state index is 0.145. The summed E-state index contributed by atoms with van der Waals surface area (Å²) < 4.78 is 0. The van der Waals surface area contributed by atoms with Crippen LogP contribution in [0.25, 0.3) is 10.9 Å². The van der Waals surface area contributed by atoms with Gasteiger partial charge in [-0.05, 0) is 24.3 Å². The molecule has 1 aliphatic carbocycles. The number of aromatic amines is 1. The molecule has 1 aromatic heterocycles. The minimum atomic E-state index is -0.242. The first-order chi connectivity index (χ1) is 10.6. The maximum Gasteiger partial charge on any atom is 0.252 e. The van der Waals surface area contributed by atoms with Crippen LogP contribution >= 0.6 is 0 Å². The third-order valence-electron chi connectivity index (χ3n) is 5.02. The fourth-order valence-corrected chi connectivity index (χ4v) is 3.42. The molecule has 2 aromatic rings. The van der Waals surface area contributed by atoms with Gasteiger partial charge in [-0.15, -0.1) is 0 Å². The number of aromatic nitrogens is 1. The summed E-state index contributed by atoms with van der Waals surface area (Å²) in [7, 11) is 0. The summed E-state index contributed by atoms with van der Waals surface area (Å²) in [5.74, 6) is 0.939. The molecule has 2 N–H and O–H groups in total. The Balaban J connectivity index is 1.91. The largest absolute Gasteiger partial charge is 0.349 e. The van der Waals surface area contributed by atoms with Gasteiger partial charge in [-0.1, -0.05) is 44.9 Å². The molecule has 3 rings (SSSR count). The van der Waals surface area contributed by atoms with Crippen LogP contribution in [0, 0.1) is 11.8 Å². The Morgan fingerprint density at radius 3 is 2.82 bits per heavy atom. The number of rotatable bonds is 2. The van der Waals surface area contributed by atoms with Crippen LogP contribution in [-0.4, -0.2) is 16.9 Å². The summed E-state index contributed by atoms with van der Waals surface area (Å²) in [4.78, 5) is 27.2. The molecule has 1 heterocycles. The molecule has 3 atom stereocenters. The lowest BCUT2D eigenvalue weighted by molar-refractivity contribution is 0.0892. The van der Waals surface area contributed by atoms with Gasteiger partial charge in [0.2, 0.25) is 5.56 Å². The molecule has 1 aromatic carbocycles. The number of nitrogens with one attached hydrogen (secondary N) is 2. The summed E-state index contributed by atoms with van der Waals surface area (Å²) in [6.45, 7) is 4.44. The highest BCUT2D eigenvalue weighted by molar-refractivity contribution is 6.06. The number of pyridine rings is 1. The lowest BCUT2D eigenvalue weighted by atomic mass is 9.78. The second kappa shape index (κ2) is 5.95. The number of benzene rings is 1. The van der Waals surface area contributed by atoms with Crippen LogP contribution in [0.15, 0.2) is 35.1 Å². The number of carbonyl (C=O) groups is 1. The predicted octanol–water partition coefficient (Wildman–Crippen LogP) is 3.08. The van der Waals surface area contributed by atoms with Crippen molar-refractivity contribution >= 4 is 16.8 Å². The first-order valence-electron chi connectivity index (χ1n) is 7.99. The molecule has 1 fully saturated rings. The van der Waals surface area contributed by atoms with Gasteiger partial charge in [-0.25, -0.2) is 0 Å². The summed E-state index contributed by atoms with van der Waals surface area (Å²) in [6.07, 6.45) is 3.38. The van der Waals surface area contributed by atoms with Crippen LogP contribution in [0.1, 0.15) is 43.5 Å². The number of H-pyrrole nitrogens is 1. The van der Waals surface area contributed by atoms with E-state index in [2.05, 4.69) is 24.1 Å². The van der Waals surface area contributed by atoms with Crippen molar-refractivity contribution in [3.8, 4) is 0 Å². The highest BCUT2D eigenvalue weighted by atomic mass is 16.2. The average molecular weight is 298 g/mol. The van der Waals surface area contributed by atoms with Crippen molar-refractivity contribution in [1.82, 2.24) is 10.3 Å². The topological polar surface area (TPSA) is 62.0 Å². The van der Waals surface area contributed by atoms with Crippen LogP contribution in [0.3, 0.4) is 0 Å². The Labute approximate surface area is 129 Å². The van der Waals surface area contributed by atoms with E-state index in [-0.39, 0.29) is 17.5 Å². The SMILES string of the molecule is C[C@H]1[C@H](C)CCC[C@@H]1NC(=O)c1cc(=O)[nH]c2ccccc12. The molecule has 0 saturated heterocycles. The maximum atomic E-state index is 12.7. The number of fused-ring (bicyclic) bond motifs is 1. The van der Waals surface area contributed by atoms with E-state index >= 15 is 0 Å². The van der Waals surface area contributed by atoms with Gasteiger partial charge in [0.05, 0.1) is 5.56 Å². The van der Waals surface area contributed by atoms with E-state index in [1.165, 1.54) is 12.5 Å². The van der Waals surface area contributed by atoms with Crippen molar-refractivity contribution in [2.75, 3.05) is 0 Å². The van der Waals surface area contributed by atoms with Crippen molar-refractivity contribution in [3.63, 3.8) is 0 Å². The van der Waals surface area contributed by atoms with E-state index in [0.717, 1.165) is 18.2 Å². The van der Waals surface area contributed by atoms with Crippen LogP contribution in [-0.2, 0) is 0 Å². The van der Waals surface area contributed by atoms with E-state index in [0.29, 0.717) is 22.9 Å². The van der Waals surface area contributed by atoms with Gasteiger partial charge in [0, 0.05) is 23.0 Å². The van der Waals surface area contributed by atoms with E-state index < -0.39 is 0 Å². The molecular formula is C18H22N2O2.